The maximum Gasteiger partial charge on any atom is 0.0970 e. The summed E-state index contributed by atoms with van der Waals surface area (Å²) in [7, 11) is -4.69. The molecule has 446 valence electrons. The van der Waals surface area contributed by atoms with E-state index in [1.165, 1.54) is 66.8 Å². The van der Waals surface area contributed by atoms with Gasteiger partial charge in [-0.05, 0) is 103 Å². The van der Waals surface area contributed by atoms with E-state index in [0.29, 0.717) is 0 Å². The van der Waals surface area contributed by atoms with Crippen LogP contribution in [0.25, 0.3) is 132 Å². The molecule has 0 aliphatic heterocycles. The van der Waals surface area contributed by atoms with E-state index in [-0.39, 0.29) is 46.9 Å². The molecule has 0 spiro atoms. The van der Waals surface area contributed by atoms with Gasteiger partial charge in [0.25, 0.3) is 0 Å². The number of benzene rings is 9. The zero-order chi connectivity index (χ0) is 56.5. The van der Waals surface area contributed by atoms with Crippen LogP contribution < -0.4 is 14.0 Å². The minimum atomic E-state index is -4.69. The summed E-state index contributed by atoms with van der Waals surface area (Å²) < 4.78 is 32.7. The van der Waals surface area contributed by atoms with Gasteiger partial charge in [-0.15, -0.1) is 0 Å². The summed E-state index contributed by atoms with van der Waals surface area (Å²) >= 11 is 0. The van der Waals surface area contributed by atoms with Gasteiger partial charge in [-0.3, -0.25) is 29.9 Å². The van der Waals surface area contributed by atoms with Crippen molar-refractivity contribution >= 4 is 65.4 Å². The van der Waals surface area contributed by atoms with Gasteiger partial charge in [0.05, 0.1) is 48.0 Å². The van der Waals surface area contributed by atoms with Gasteiger partial charge in [0.1, 0.15) is 0 Å². The molecule has 0 bridgehead atoms. The van der Waals surface area contributed by atoms with Crippen LogP contribution in [0.5, 0.6) is 0 Å². The predicted molar refractivity (Wildman–Crippen MR) is 344 cm³/mol. The van der Waals surface area contributed by atoms with Crippen molar-refractivity contribution < 1.29 is 75.7 Å². The molecular weight excluding hydrogens is 1230 g/mol. The molecule has 9 aromatic carbocycles. The van der Waals surface area contributed by atoms with Gasteiger partial charge in [-0.2, -0.15) is 14.0 Å². The number of nitrogens with zero attached hydrogens (tertiary/aromatic N) is 6. The molecule has 0 atom stereocenters. The molecule has 6 heterocycles. The Morgan fingerprint density at radius 2 is 0.337 bits per heavy atom. The van der Waals surface area contributed by atoms with E-state index in [0.717, 1.165) is 65.4 Å². The van der Waals surface area contributed by atoms with Crippen LogP contribution in [0, 0.1) is 10.2 Å². The summed E-state index contributed by atoms with van der Waals surface area (Å²) in [5, 5.41) is 6.77. The van der Waals surface area contributed by atoms with Gasteiger partial charge in [-0.1, -0.05) is 218 Å². The SMILES string of the molecule is O.O.O.O.O.[O-][Cl+3]([O-])([O-])O.[Ru].c1ccc(-c2ccnc3c2ccc2c(-c4ccccc4)ccnc23)cc1.c1ccc(-c2ccnc3c2ccc2c(-c4ccccc4)ccnc23)cc1.c1ccc(-c2ccnc3c2ccc2c(-c4ccccc4)ccnc23)cc1. The van der Waals surface area contributed by atoms with Crippen LogP contribution in [0.4, 0.5) is 0 Å². The summed E-state index contributed by atoms with van der Waals surface area (Å²) in [4.78, 5) is 28.0. The Hall–Kier alpha value is -10.0. The fourth-order valence-electron chi connectivity index (χ4n) is 10.7. The van der Waals surface area contributed by atoms with Crippen molar-refractivity contribution in [2.24, 2.45) is 0 Å². The summed E-state index contributed by atoms with van der Waals surface area (Å²) in [5.41, 5.74) is 19.9. The number of aromatic nitrogens is 6. The zero-order valence-electron chi connectivity index (χ0n) is 47.3. The molecule has 0 fully saturated rings. The third kappa shape index (κ3) is 15.1. The number of fused-ring (bicyclic) bond motifs is 9. The Morgan fingerprint density at radius 3 is 0.461 bits per heavy atom. The van der Waals surface area contributed by atoms with Crippen LogP contribution in [0.2, 0.25) is 0 Å². The van der Waals surface area contributed by atoms with E-state index in [9.17, 15) is 0 Å². The quantitative estimate of drug-likeness (QED) is 0.121. The number of rotatable bonds is 6. The van der Waals surface area contributed by atoms with Crippen LogP contribution in [0.15, 0.2) is 292 Å². The Balaban J connectivity index is 0.000000198. The third-order valence-electron chi connectivity index (χ3n) is 14.4. The topological polar surface area (TPSA) is 324 Å². The van der Waals surface area contributed by atoms with Crippen LogP contribution >= 0.6 is 0 Å². The molecule has 0 saturated heterocycles. The molecule has 15 rings (SSSR count). The van der Waals surface area contributed by atoms with Gasteiger partial charge in [-0.25, -0.2) is 0 Å². The van der Waals surface area contributed by atoms with Crippen LogP contribution in [0.3, 0.4) is 0 Å². The molecule has 0 amide bonds. The van der Waals surface area contributed by atoms with Gasteiger partial charge < -0.3 is 27.4 Å². The maximum absolute atomic E-state index is 8.60. The van der Waals surface area contributed by atoms with E-state index in [2.05, 4.69) is 248 Å². The van der Waals surface area contributed by atoms with Crippen molar-refractivity contribution in [3.8, 4) is 66.8 Å². The van der Waals surface area contributed by atoms with E-state index >= 15 is 0 Å². The molecule has 11 N–H and O–H groups in total. The molecular formula is C72H59ClN6O9Ru. The molecule has 0 unspecified atom stereocenters. The monoisotopic (exact) mass is 1290 g/mol. The van der Waals surface area contributed by atoms with Crippen molar-refractivity contribution in [1.82, 2.24) is 29.9 Å². The molecule has 0 aliphatic carbocycles. The predicted octanol–water partition coefficient (Wildman–Crippen LogP) is 10.1. The second-order valence-electron chi connectivity index (χ2n) is 19.3. The first-order valence-electron chi connectivity index (χ1n) is 26.7. The first-order valence-corrected chi connectivity index (χ1v) is 28.0. The molecule has 0 radical (unpaired) electrons. The maximum atomic E-state index is 8.60. The Labute approximate surface area is 526 Å². The summed E-state index contributed by atoms with van der Waals surface area (Å²) in [5.74, 6) is 0. The zero-order valence-corrected chi connectivity index (χ0v) is 49.8. The number of hydrogen-bond donors (Lipinski definition) is 1. The van der Waals surface area contributed by atoms with E-state index < -0.39 is 10.2 Å². The van der Waals surface area contributed by atoms with Crippen LogP contribution in [-0.2, 0) is 19.5 Å². The molecule has 15 aromatic rings. The third-order valence-corrected chi connectivity index (χ3v) is 14.4. The molecule has 17 heteroatoms. The van der Waals surface area contributed by atoms with Crippen LogP contribution in [0.1, 0.15) is 0 Å². The average molecular weight is 1290 g/mol. The van der Waals surface area contributed by atoms with Gasteiger partial charge >= 0.3 is 0 Å². The largest absolute Gasteiger partial charge is 0.412 e. The van der Waals surface area contributed by atoms with E-state index in [4.69, 9.17) is 18.6 Å². The van der Waals surface area contributed by atoms with E-state index in [1.54, 1.807) is 0 Å². The number of halogens is 1. The summed E-state index contributed by atoms with van der Waals surface area (Å²) in [6.07, 6.45) is 11.3. The molecule has 0 aliphatic rings. The Morgan fingerprint density at radius 1 is 0.213 bits per heavy atom. The first kappa shape index (κ1) is 68.1. The fraction of sp³-hybridized carbons (Fsp3) is 0. The summed E-state index contributed by atoms with van der Waals surface area (Å²) in [6, 6.07) is 88.0. The molecule has 6 aromatic heterocycles. The average Bonchev–Trinajstić information content (AvgIpc) is 1.80. The minimum Gasteiger partial charge on any atom is -0.412 e. The van der Waals surface area contributed by atoms with Crippen molar-refractivity contribution in [2.45, 2.75) is 0 Å². The molecule has 89 heavy (non-hydrogen) atoms. The Bertz CT molecular complexity index is 3970. The normalized spacial score (nSPS) is 10.4. The van der Waals surface area contributed by atoms with Crippen molar-refractivity contribution in [2.75, 3.05) is 0 Å². The molecule has 15 nitrogen and oxygen atoms in total. The molecule has 0 saturated carbocycles. The standard InChI is InChI=1S/3C24H16N2.ClHO4.5H2O.Ru/c3*1-3-7-17(8-4-1)19-13-15-25-23-21(19)11-12-22-20(14-16-26-24(22)23)18-9-5-2-6-10-18;2-1(3,4)5;;;;;;/h3*1-16H;(H,2,3,4,5);5*1H2;. The van der Waals surface area contributed by atoms with Crippen molar-refractivity contribution in [1.29, 1.82) is 0 Å². The summed E-state index contributed by atoms with van der Waals surface area (Å²) in [6.45, 7) is 0. The van der Waals surface area contributed by atoms with Crippen molar-refractivity contribution in [3.63, 3.8) is 0 Å². The Kier molecular flexibility index (Phi) is 23.8. The van der Waals surface area contributed by atoms with Gasteiger partial charge in [0, 0.05) is 89.0 Å². The van der Waals surface area contributed by atoms with Gasteiger partial charge in [0.15, 0.2) is 0 Å². The number of pyridine rings is 6. The number of hydrogen-bond acceptors (Lipinski definition) is 10. The smallest absolute Gasteiger partial charge is 0.0970 e. The van der Waals surface area contributed by atoms with Crippen LogP contribution in [-0.4, -0.2) is 61.9 Å². The second-order valence-corrected chi connectivity index (χ2v) is 20.1. The fourth-order valence-corrected chi connectivity index (χ4v) is 10.7. The van der Waals surface area contributed by atoms with E-state index in [1.807, 2.05) is 73.6 Å². The van der Waals surface area contributed by atoms with Crippen molar-refractivity contribution in [3.05, 3.63) is 292 Å². The first-order chi connectivity index (χ1) is 40.7. The van der Waals surface area contributed by atoms with Gasteiger partial charge in [0.2, 0.25) is 0 Å². The minimum absolute atomic E-state index is 0. The second kappa shape index (κ2) is 31.1.